The van der Waals surface area contributed by atoms with Crippen LogP contribution in [-0.4, -0.2) is 29.7 Å². The van der Waals surface area contributed by atoms with Gasteiger partial charge >= 0.3 is 0 Å². The molecule has 80 valence electrons. The van der Waals surface area contributed by atoms with Gasteiger partial charge in [-0.15, -0.1) is 0 Å². The maximum absolute atomic E-state index is 10.1. The topological polar surface area (TPSA) is 38.7 Å². The predicted octanol–water partition coefficient (Wildman–Crippen LogP) is 1.61. The summed E-state index contributed by atoms with van der Waals surface area (Å²) in [6.45, 7) is 7.09. The summed E-state index contributed by atoms with van der Waals surface area (Å²) >= 11 is 0. The van der Waals surface area contributed by atoms with Crippen LogP contribution in [0.25, 0.3) is 0 Å². The highest BCUT2D eigenvalue weighted by molar-refractivity contribution is 5.06. The summed E-state index contributed by atoms with van der Waals surface area (Å²) < 4.78 is 11.2. The molecule has 1 aliphatic heterocycles. The monoisotopic (exact) mass is 198 g/mol. The average Bonchev–Trinajstić information content (AvgIpc) is 2.44. The molecular weight excluding hydrogens is 180 g/mol. The van der Waals surface area contributed by atoms with E-state index in [1.165, 1.54) is 0 Å². The molecule has 1 spiro atoms. The molecule has 1 aliphatic carbocycles. The summed E-state index contributed by atoms with van der Waals surface area (Å²) in [7, 11) is 0. The highest BCUT2D eigenvalue weighted by Crippen LogP contribution is 2.40. The van der Waals surface area contributed by atoms with E-state index in [2.05, 4.69) is 6.58 Å². The number of aliphatic hydroxyl groups is 1. The minimum atomic E-state index is -0.691. The fraction of sp³-hybridized carbons (Fsp3) is 0.818. The first-order valence-corrected chi connectivity index (χ1v) is 5.18. The van der Waals surface area contributed by atoms with Gasteiger partial charge in [0.05, 0.1) is 18.8 Å². The van der Waals surface area contributed by atoms with Crippen molar-refractivity contribution in [2.24, 2.45) is 0 Å². The van der Waals surface area contributed by atoms with Crippen molar-refractivity contribution in [3.05, 3.63) is 12.2 Å². The smallest absolute Gasteiger partial charge is 0.174 e. The minimum absolute atomic E-state index is 0.555. The Morgan fingerprint density at radius 1 is 1.36 bits per heavy atom. The van der Waals surface area contributed by atoms with Gasteiger partial charge < -0.3 is 14.6 Å². The van der Waals surface area contributed by atoms with Crippen LogP contribution in [0.15, 0.2) is 12.2 Å². The standard InChI is InChI=1S/C11H18O3/c1-9-3-4-10(2,12)8-11(7-9)13-5-6-14-11/h12H,1,3-8H2,2H3. The average molecular weight is 198 g/mol. The van der Waals surface area contributed by atoms with Crippen LogP contribution in [-0.2, 0) is 9.47 Å². The SMILES string of the molecule is C=C1CCC(C)(O)CC2(C1)OCCO2. The lowest BCUT2D eigenvalue weighted by molar-refractivity contribution is -0.186. The molecule has 1 unspecified atom stereocenters. The lowest BCUT2D eigenvalue weighted by atomic mass is 9.94. The second-order valence-electron chi connectivity index (χ2n) is 4.71. The molecule has 0 aromatic rings. The first-order chi connectivity index (χ1) is 6.52. The summed E-state index contributed by atoms with van der Waals surface area (Å²) in [5.41, 5.74) is 0.425. The second-order valence-corrected chi connectivity index (χ2v) is 4.71. The van der Waals surface area contributed by atoms with Crippen molar-refractivity contribution in [1.82, 2.24) is 0 Å². The fourth-order valence-electron chi connectivity index (χ4n) is 2.35. The quantitative estimate of drug-likeness (QED) is 0.601. The number of ether oxygens (including phenoxy) is 2. The predicted molar refractivity (Wildman–Crippen MR) is 52.9 cm³/mol. The molecule has 0 bridgehead atoms. The lowest BCUT2D eigenvalue weighted by Gasteiger charge is -2.31. The molecule has 2 rings (SSSR count). The van der Waals surface area contributed by atoms with Crippen molar-refractivity contribution >= 4 is 0 Å². The Morgan fingerprint density at radius 2 is 2.00 bits per heavy atom. The van der Waals surface area contributed by atoms with E-state index in [-0.39, 0.29) is 0 Å². The summed E-state index contributed by atoms with van der Waals surface area (Å²) in [6.07, 6.45) is 2.89. The van der Waals surface area contributed by atoms with Crippen LogP contribution in [0.3, 0.4) is 0 Å². The van der Waals surface area contributed by atoms with Gasteiger partial charge in [-0.2, -0.15) is 0 Å². The van der Waals surface area contributed by atoms with E-state index in [0.717, 1.165) is 24.8 Å². The summed E-state index contributed by atoms with van der Waals surface area (Å²) in [4.78, 5) is 0. The third-order valence-corrected chi connectivity index (χ3v) is 3.00. The summed E-state index contributed by atoms with van der Waals surface area (Å²) in [6, 6.07) is 0. The molecule has 0 aromatic carbocycles. The molecule has 1 saturated carbocycles. The van der Waals surface area contributed by atoms with Crippen molar-refractivity contribution < 1.29 is 14.6 Å². The van der Waals surface area contributed by atoms with Gasteiger partial charge in [0.25, 0.3) is 0 Å². The molecule has 1 saturated heterocycles. The molecule has 1 heterocycles. The molecule has 1 N–H and O–H groups in total. The van der Waals surface area contributed by atoms with Gasteiger partial charge in [0, 0.05) is 12.8 Å². The third kappa shape index (κ3) is 2.00. The normalized spacial score (nSPS) is 37.4. The molecule has 0 aromatic heterocycles. The number of hydrogen-bond acceptors (Lipinski definition) is 3. The van der Waals surface area contributed by atoms with Gasteiger partial charge in [-0.05, 0) is 19.8 Å². The molecular formula is C11H18O3. The van der Waals surface area contributed by atoms with Gasteiger partial charge in [0.15, 0.2) is 5.79 Å². The van der Waals surface area contributed by atoms with Gasteiger partial charge in [0.2, 0.25) is 0 Å². The molecule has 2 fully saturated rings. The first kappa shape index (κ1) is 10.1. The highest BCUT2D eigenvalue weighted by atomic mass is 16.7. The van der Waals surface area contributed by atoms with Gasteiger partial charge in [0.1, 0.15) is 0 Å². The Labute approximate surface area is 84.7 Å². The lowest BCUT2D eigenvalue weighted by Crippen LogP contribution is -2.38. The molecule has 1 atom stereocenters. The molecule has 2 aliphatic rings. The zero-order valence-electron chi connectivity index (χ0n) is 8.71. The van der Waals surface area contributed by atoms with E-state index in [0.29, 0.717) is 19.6 Å². The van der Waals surface area contributed by atoms with Crippen LogP contribution < -0.4 is 0 Å². The Bertz CT molecular complexity index is 239. The van der Waals surface area contributed by atoms with Crippen LogP contribution in [0.4, 0.5) is 0 Å². The second kappa shape index (κ2) is 3.33. The zero-order valence-corrected chi connectivity index (χ0v) is 8.71. The van der Waals surface area contributed by atoms with Crippen LogP contribution in [0, 0.1) is 0 Å². The summed E-state index contributed by atoms with van der Waals surface area (Å²) in [5, 5.41) is 10.1. The molecule has 0 radical (unpaired) electrons. The van der Waals surface area contributed by atoms with E-state index in [9.17, 15) is 5.11 Å². The van der Waals surface area contributed by atoms with Gasteiger partial charge in [-0.1, -0.05) is 12.2 Å². The van der Waals surface area contributed by atoms with Crippen LogP contribution in [0.5, 0.6) is 0 Å². The maximum Gasteiger partial charge on any atom is 0.174 e. The number of hydrogen-bond donors (Lipinski definition) is 1. The fourth-order valence-corrected chi connectivity index (χ4v) is 2.35. The largest absolute Gasteiger partial charge is 0.390 e. The van der Waals surface area contributed by atoms with E-state index in [4.69, 9.17) is 9.47 Å². The van der Waals surface area contributed by atoms with Crippen molar-refractivity contribution in [3.8, 4) is 0 Å². The summed E-state index contributed by atoms with van der Waals surface area (Å²) in [5.74, 6) is -0.586. The van der Waals surface area contributed by atoms with Crippen molar-refractivity contribution in [3.63, 3.8) is 0 Å². The zero-order chi connectivity index (χ0) is 10.2. The molecule has 0 amide bonds. The number of rotatable bonds is 0. The first-order valence-electron chi connectivity index (χ1n) is 5.18. The third-order valence-electron chi connectivity index (χ3n) is 3.00. The Morgan fingerprint density at radius 3 is 2.64 bits per heavy atom. The van der Waals surface area contributed by atoms with E-state index < -0.39 is 11.4 Å². The van der Waals surface area contributed by atoms with Gasteiger partial charge in [-0.25, -0.2) is 0 Å². The van der Waals surface area contributed by atoms with Crippen LogP contribution >= 0.6 is 0 Å². The molecule has 3 nitrogen and oxygen atoms in total. The van der Waals surface area contributed by atoms with Crippen LogP contribution in [0.2, 0.25) is 0 Å². The Hall–Kier alpha value is -0.380. The Balaban J connectivity index is 2.18. The van der Waals surface area contributed by atoms with E-state index >= 15 is 0 Å². The van der Waals surface area contributed by atoms with Crippen molar-refractivity contribution in [1.29, 1.82) is 0 Å². The van der Waals surface area contributed by atoms with Crippen LogP contribution in [0.1, 0.15) is 32.6 Å². The van der Waals surface area contributed by atoms with Crippen molar-refractivity contribution in [2.75, 3.05) is 13.2 Å². The molecule has 14 heavy (non-hydrogen) atoms. The highest BCUT2D eigenvalue weighted by Gasteiger charge is 2.44. The Kier molecular flexibility index (Phi) is 2.41. The van der Waals surface area contributed by atoms with Gasteiger partial charge in [-0.3, -0.25) is 0 Å². The minimum Gasteiger partial charge on any atom is -0.390 e. The van der Waals surface area contributed by atoms with Crippen molar-refractivity contribution in [2.45, 2.75) is 44.0 Å². The maximum atomic E-state index is 10.1. The molecule has 3 heteroatoms. The van der Waals surface area contributed by atoms with E-state index in [1.54, 1.807) is 0 Å². The van der Waals surface area contributed by atoms with E-state index in [1.807, 2.05) is 6.92 Å².